The van der Waals surface area contributed by atoms with Crippen LogP contribution in [0.25, 0.3) is 0 Å². The highest BCUT2D eigenvalue weighted by Crippen LogP contribution is 1.94. The maximum absolute atomic E-state index is 4.03. The summed E-state index contributed by atoms with van der Waals surface area (Å²) in [5.74, 6) is 0. The van der Waals surface area contributed by atoms with Gasteiger partial charge in [-0.1, -0.05) is 13.8 Å². The highest BCUT2D eigenvalue weighted by Gasteiger charge is 1.97. The number of likely N-dealkylation sites (N-methyl/N-ethyl adjacent to an activating group) is 1. The van der Waals surface area contributed by atoms with Crippen LogP contribution >= 0.6 is 0 Å². The standard InChI is InChI=1S/C13H26N4/c1-3-16(4-2)11-8-14-7-5-6-10-17-12-9-15-13-17/h9,12-14H,3-8,10-11H2,1-2H3. The van der Waals surface area contributed by atoms with Gasteiger partial charge in [0.15, 0.2) is 0 Å². The number of aromatic nitrogens is 2. The second kappa shape index (κ2) is 9.19. The Hall–Kier alpha value is -0.870. The lowest BCUT2D eigenvalue weighted by molar-refractivity contribution is 0.302. The largest absolute Gasteiger partial charge is 0.337 e. The van der Waals surface area contributed by atoms with Crippen molar-refractivity contribution in [3.8, 4) is 0 Å². The molecule has 1 N–H and O–H groups in total. The molecule has 0 bridgehead atoms. The maximum Gasteiger partial charge on any atom is 0.0945 e. The lowest BCUT2D eigenvalue weighted by atomic mass is 10.3. The molecule has 0 aliphatic rings. The highest BCUT2D eigenvalue weighted by molar-refractivity contribution is 4.73. The zero-order valence-corrected chi connectivity index (χ0v) is 11.2. The van der Waals surface area contributed by atoms with Crippen molar-refractivity contribution in [2.75, 3.05) is 32.7 Å². The SMILES string of the molecule is CCN(CC)CCNCCCCn1ccnc1. The van der Waals surface area contributed by atoms with Gasteiger partial charge < -0.3 is 14.8 Å². The van der Waals surface area contributed by atoms with Gasteiger partial charge in [0.2, 0.25) is 0 Å². The summed E-state index contributed by atoms with van der Waals surface area (Å²) in [6.45, 7) is 11.2. The quantitative estimate of drug-likeness (QED) is 0.629. The second-order valence-electron chi connectivity index (χ2n) is 4.28. The molecule has 0 atom stereocenters. The summed E-state index contributed by atoms with van der Waals surface area (Å²) >= 11 is 0. The molecule has 17 heavy (non-hydrogen) atoms. The fraction of sp³-hybridized carbons (Fsp3) is 0.769. The molecular formula is C13H26N4. The molecule has 1 aromatic heterocycles. The van der Waals surface area contributed by atoms with E-state index in [0.717, 1.165) is 39.3 Å². The number of rotatable bonds is 10. The van der Waals surface area contributed by atoms with Crippen LogP contribution in [-0.4, -0.2) is 47.2 Å². The van der Waals surface area contributed by atoms with Crippen LogP contribution in [0, 0.1) is 0 Å². The third-order valence-corrected chi connectivity index (χ3v) is 3.08. The van der Waals surface area contributed by atoms with Crippen LogP contribution in [0.5, 0.6) is 0 Å². The number of nitrogens with zero attached hydrogens (tertiary/aromatic N) is 3. The van der Waals surface area contributed by atoms with E-state index in [4.69, 9.17) is 0 Å². The van der Waals surface area contributed by atoms with E-state index in [1.54, 1.807) is 0 Å². The van der Waals surface area contributed by atoms with E-state index in [9.17, 15) is 0 Å². The monoisotopic (exact) mass is 238 g/mol. The smallest absolute Gasteiger partial charge is 0.0945 e. The molecule has 0 saturated heterocycles. The third kappa shape index (κ3) is 6.44. The zero-order valence-electron chi connectivity index (χ0n) is 11.2. The van der Waals surface area contributed by atoms with E-state index in [2.05, 4.69) is 33.6 Å². The molecule has 0 aliphatic carbocycles. The fourth-order valence-corrected chi connectivity index (χ4v) is 1.87. The van der Waals surface area contributed by atoms with Gasteiger partial charge in [-0.25, -0.2) is 4.98 Å². The van der Waals surface area contributed by atoms with Crippen LogP contribution in [0.4, 0.5) is 0 Å². The number of hydrogen-bond donors (Lipinski definition) is 1. The Morgan fingerprint density at radius 1 is 1.18 bits per heavy atom. The number of imidazole rings is 1. The molecule has 98 valence electrons. The molecule has 0 amide bonds. The van der Waals surface area contributed by atoms with Crippen molar-refractivity contribution in [1.82, 2.24) is 19.8 Å². The molecule has 0 unspecified atom stereocenters. The van der Waals surface area contributed by atoms with E-state index in [0.29, 0.717) is 0 Å². The van der Waals surface area contributed by atoms with Crippen LogP contribution in [0.1, 0.15) is 26.7 Å². The topological polar surface area (TPSA) is 33.1 Å². The van der Waals surface area contributed by atoms with Crippen LogP contribution < -0.4 is 5.32 Å². The summed E-state index contributed by atoms with van der Waals surface area (Å²) in [6, 6.07) is 0. The number of unbranched alkanes of at least 4 members (excludes halogenated alkanes) is 1. The average molecular weight is 238 g/mol. The van der Waals surface area contributed by atoms with Crippen molar-refractivity contribution in [3.63, 3.8) is 0 Å². The van der Waals surface area contributed by atoms with Gasteiger partial charge in [-0.2, -0.15) is 0 Å². The van der Waals surface area contributed by atoms with Crippen LogP contribution in [0.15, 0.2) is 18.7 Å². The summed E-state index contributed by atoms with van der Waals surface area (Å²) in [5, 5.41) is 3.50. The van der Waals surface area contributed by atoms with E-state index in [-0.39, 0.29) is 0 Å². The Bertz CT molecular complexity index is 254. The van der Waals surface area contributed by atoms with Gasteiger partial charge in [0.05, 0.1) is 6.33 Å². The molecule has 0 radical (unpaired) electrons. The van der Waals surface area contributed by atoms with Gasteiger partial charge in [-0.3, -0.25) is 0 Å². The predicted molar refractivity (Wildman–Crippen MR) is 72.1 cm³/mol. The van der Waals surface area contributed by atoms with Crippen molar-refractivity contribution in [2.45, 2.75) is 33.2 Å². The van der Waals surface area contributed by atoms with E-state index >= 15 is 0 Å². The van der Waals surface area contributed by atoms with Crippen LogP contribution in [0.3, 0.4) is 0 Å². The molecule has 4 heteroatoms. The van der Waals surface area contributed by atoms with E-state index < -0.39 is 0 Å². The molecule has 0 aliphatic heterocycles. The first-order valence-corrected chi connectivity index (χ1v) is 6.75. The van der Waals surface area contributed by atoms with Crippen molar-refractivity contribution in [2.24, 2.45) is 0 Å². The Morgan fingerprint density at radius 3 is 2.65 bits per heavy atom. The first-order valence-electron chi connectivity index (χ1n) is 6.75. The van der Waals surface area contributed by atoms with Gasteiger partial charge in [-0.05, 0) is 32.5 Å². The summed E-state index contributed by atoms with van der Waals surface area (Å²) in [6.07, 6.45) is 8.19. The molecule has 0 aromatic carbocycles. The normalized spacial score (nSPS) is 11.2. The number of hydrogen-bond acceptors (Lipinski definition) is 3. The van der Waals surface area contributed by atoms with Crippen molar-refractivity contribution < 1.29 is 0 Å². The maximum atomic E-state index is 4.03. The molecular weight excluding hydrogens is 212 g/mol. The second-order valence-corrected chi connectivity index (χ2v) is 4.28. The Kier molecular flexibility index (Phi) is 7.67. The van der Waals surface area contributed by atoms with Crippen LogP contribution in [0.2, 0.25) is 0 Å². The van der Waals surface area contributed by atoms with Gasteiger partial charge in [-0.15, -0.1) is 0 Å². The summed E-state index contributed by atoms with van der Waals surface area (Å²) in [5.41, 5.74) is 0. The lowest BCUT2D eigenvalue weighted by Crippen LogP contribution is -2.32. The zero-order chi connectivity index (χ0) is 12.3. The van der Waals surface area contributed by atoms with Crippen molar-refractivity contribution in [3.05, 3.63) is 18.7 Å². The third-order valence-electron chi connectivity index (χ3n) is 3.08. The minimum absolute atomic E-state index is 1.08. The van der Waals surface area contributed by atoms with Crippen molar-refractivity contribution in [1.29, 1.82) is 0 Å². The summed E-state index contributed by atoms with van der Waals surface area (Å²) in [7, 11) is 0. The van der Waals surface area contributed by atoms with Gasteiger partial charge in [0, 0.05) is 32.0 Å². The molecule has 1 rings (SSSR count). The molecule has 0 fully saturated rings. The first-order chi connectivity index (χ1) is 8.36. The Balaban J connectivity index is 1.87. The van der Waals surface area contributed by atoms with E-state index in [1.165, 1.54) is 12.8 Å². The van der Waals surface area contributed by atoms with Gasteiger partial charge >= 0.3 is 0 Å². The van der Waals surface area contributed by atoms with Crippen LogP contribution in [-0.2, 0) is 6.54 Å². The van der Waals surface area contributed by atoms with Gasteiger partial charge in [0.25, 0.3) is 0 Å². The van der Waals surface area contributed by atoms with E-state index in [1.807, 2.05) is 18.7 Å². The van der Waals surface area contributed by atoms with Gasteiger partial charge in [0.1, 0.15) is 0 Å². The number of nitrogens with one attached hydrogen (secondary N) is 1. The minimum Gasteiger partial charge on any atom is -0.337 e. The summed E-state index contributed by atoms with van der Waals surface area (Å²) < 4.78 is 2.13. The van der Waals surface area contributed by atoms with Crippen molar-refractivity contribution >= 4 is 0 Å². The molecule has 4 nitrogen and oxygen atoms in total. The average Bonchev–Trinajstić information content (AvgIpc) is 2.86. The Labute approximate surface area is 105 Å². The predicted octanol–water partition coefficient (Wildman–Crippen LogP) is 1.59. The fourth-order valence-electron chi connectivity index (χ4n) is 1.87. The lowest BCUT2D eigenvalue weighted by Gasteiger charge is -2.17. The summed E-state index contributed by atoms with van der Waals surface area (Å²) in [4.78, 5) is 6.47. The molecule has 1 aromatic rings. The molecule has 0 saturated carbocycles. The molecule has 1 heterocycles. The Morgan fingerprint density at radius 2 is 2.00 bits per heavy atom. The number of aryl methyl sites for hydroxylation is 1. The highest BCUT2D eigenvalue weighted by atomic mass is 15.1. The molecule has 0 spiro atoms. The minimum atomic E-state index is 1.08. The first kappa shape index (κ1) is 14.2.